The van der Waals surface area contributed by atoms with E-state index in [0.717, 1.165) is 12.1 Å². The molecule has 17 heavy (non-hydrogen) atoms. The molecule has 0 spiro atoms. The summed E-state index contributed by atoms with van der Waals surface area (Å²) in [4.78, 5) is 15.7. The first-order valence-corrected chi connectivity index (χ1v) is 6.20. The Morgan fingerprint density at radius 2 is 2.35 bits per heavy atom. The van der Waals surface area contributed by atoms with Crippen LogP contribution in [0.1, 0.15) is 20.8 Å². The molecule has 1 amide bonds. The summed E-state index contributed by atoms with van der Waals surface area (Å²) >= 11 is 0. The molecule has 0 radical (unpaired) electrons. The molecule has 92 valence electrons. The Morgan fingerprint density at radius 1 is 1.59 bits per heavy atom. The van der Waals surface area contributed by atoms with Gasteiger partial charge in [-0.15, -0.1) is 0 Å². The van der Waals surface area contributed by atoms with E-state index in [2.05, 4.69) is 37.1 Å². The molecule has 3 atom stereocenters. The van der Waals surface area contributed by atoms with Crippen molar-refractivity contribution in [3.63, 3.8) is 0 Å². The Bertz CT molecular complexity index is 429. The number of fused-ring (bicyclic) bond motifs is 1. The minimum Gasteiger partial charge on any atom is -0.439 e. The molecule has 0 aromatic heterocycles. The zero-order valence-electron chi connectivity index (χ0n) is 10.5. The molecular weight excluding hydrogens is 216 g/mol. The average molecular weight is 234 g/mol. The molecule has 3 aliphatic rings. The highest BCUT2D eigenvalue weighted by Crippen LogP contribution is 2.40. The lowest BCUT2D eigenvalue weighted by Crippen LogP contribution is -2.34. The smallest absolute Gasteiger partial charge is 0.410 e. The van der Waals surface area contributed by atoms with Crippen molar-refractivity contribution >= 4 is 6.09 Å². The molecule has 0 bridgehead atoms. The lowest BCUT2D eigenvalue weighted by atomic mass is 9.97. The van der Waals surface area contributed by atoms with Crippen LogP contribution in [-0.4, -0.2) is 46.7 Å². The highest BCUT2D eigenvalue weighted by atomic mass is 16.6. The van der Waals surface area contributed by atoms with E-state index in [4.69, 9.17) is 4.74 Å². The number of hydrogen-bond donors (Lipinski definition) is 0. The highest BCUT2D eigenvalue weighted by Gasteiger charge is 2.48. The number of likely N-dealkylation sites (N-methyl/N-ethyl adjacent to an activating group) is 1. The first-order valence-electron chi connectivity index (χ1n) is 6.20. The van der Waals surface area contributed by atoms with E-state index >= 15 is 0 Å². The van der Waals surface area contributed by atoms with Crippen LogP contribution in [0.3, 0.4) is 0 Å². The van der Waals surface area contributed by atoms with Gasteiger partial charge in [0, 0.05) is 19.3 Å². The van der Waals surface area contributed by atoms with E-state index < -0.39 is 0 Å². The number of hydrogen-bond acceptors (Lipinski definition) is 3. The van der Waals surface area contributed by atoms with Gasteiger partial charge < -0.3 is 14.5 Å². The van der Waals surface area contributed by atoms with Crippen LogP contribution in [0.2, 0.25) is 0 Å². The molecule has 2 saturated heterocycles. The third-order valence-corrected chi connectivity index (χ3v) is 4.03. The van der Waals surface area contributed by atoms with Crippen LogP contribution in [0.5, 0.6) is 0 Å². The summed E-state index contributed by atoms with van der Waals surface area (Å²) in [5, 5.41) is 0. The maximum Gasteiger partial charge on any atom is 0.410 e. The molecule has 3 rings (SSSR count). The molecule has 0 aromatic rings. The second-order valence-electron chi connectivity index (χ2n) is 5.28. The Kier molecular flexibility index (Phi) is 2.06. The van der Waals surface area contributed by atoms with Crippen LogP contribution in [0.15, 0.2) is 23.9 Å². The molecule has 2 fully saturated rings. The van der Waals surface area contributed by atoms with Gasteiger partial charge in [-0.2, -0.15) is 0 Å². The minimum absolute atomic E-state index is 0.113. The molecule has 4 heteroatoms. The lowest BCUT2D eigenvalue weighted by molar-refractivity contribution is 0.143. The first-order chi connectivity index (χ1) is 8.05. The molecule has 1 unspecified atom stereocenters. The molecule has 0 N–H and O–H groups in total. The fourth-order valence-electron chi connectivity index (χ4n) is 2.79. The van der Waals surface area contributed by atoms with Gasteiger partial charge in [0.1, 0.15) is 6.10 Å². The van der Waals surface area contributed by atoms with Crippen LogP contribution in [0.25, 0.3) is 0 Å². The monoisotopic (exact) mass is 234 g/mol. The van der Waals surface area contributed by atoms with Crippen molar-refractivity contribution in [2.75, 3.05) is 13.1 Å². The molecular formula is C13H18N2O2. The largest absolute Gasteiger partial charge is 0.439 e. The van der Waals surface area contributed by atoms with E-state index in [0.29, 0.717) is 6.54 Å². The summed E-state index contributed by atoms with van der Waals surface area (Å²) < 4.78 is 5.48. The third kappa shape index (κ3) is 1.47. The van der Waals surface area contributed by atoms with Crippen molar-refractivity contribution < 1.29 is 9.53 Å². The normalized spacial score (nSPS) is 39.0. The summed E-state index contributed by atoms with van der Waals surface area (Å²) in [6.45, 7) is 8.01. The van der Waals surface area contributed by atoms with Gasteiger partial charge >= 0.3 is 6.09 Å². The molecule has 3 heterocycles. The molecule has 0 aliphatic carbocycles. The number of carbonyl (C=O) groups excluding carboxylic acids is 1. The third-order valence-electron chi connectivity index (χ3n) is 4.03. The molecule has 0 saturated carbocycles. The van der Waals surface area contributed by atoms with Gasteiger partial charge in [0.25, 0.3) is 0 Å². The van der Waals surface area contributed by atoms with Gasteiger partial charge in [-0.25, -0.2) is 4.79 Å². The number of amides is 1. The van der Waals surface area contributed by atoms with Crippen molar-refractivity contribution in [3.8, 4) is 0 Å². The number of carbonyl (C=O) groups is 1. The summed E-state index contributed by atoms with van der Waals surface area (Å²) in [7, 11) is 0. The fourth-order valence-corrected chi connectivity index (χ4v) is 2.79. The Balaban J connectivity index is 1.84. The Hall–Kier alpha value is -1.45. The second kappa shape index (κ2) is 3.28. The zero-order chi connectivity index (χ0) is 12.2. The van der Waals surface area contributed by atoms with Crippen molar-refractivity contribution in [1.29, 1.82) is 0 Å². The van der Waals surface area contributed by atoms with Gasteiger partial charge in [0.2, 0.25) is 0 Å². The van der Waals surface area contributed by atoms with Crippen molar-refractivity contribution in [2.24, 2.45) is 0 Å². The summed E-state index contributed by atoms with van der Waals surface area (Å²) in [6.07, 6.45) is 6.11. The van der Waals surface area contributed by atoms with E-state index in [1.807, 2.05) is 6.92 Å². The van der Waals surface area contributed by atoms with Gasteiger partial charge in [0.15, 0.2) is 0 Å². The number of ether oxygens (including phenoxy) is 1. The van der Waals surface area contributed by atoms with E-state index in [-0.39, 0.29) is 23.8 Å². The molecule has 0 aromatic carbocycles. The predicted molar refractivity (Wildman–Crippen MR) is 64.4 cm³/mol. The summed E-state index contributed by atoms with van der Waals surface area (Å²) in [6, 6.07) is 0.122. The van der Waals surface area contributed by atoms with Crippen molar-refractivity contribution in [3.05, 3.63) is 23.9 Å². The van der Waals surface area contributed by atoms with Crippen LogP contribution >= 0.6 is 0 Å². The van der Waals surface area contributed by atoms with Crippen molar-refractivity contribution in [2.45, 2.75) is 38.5 Å². The zero-order valence-corrected chi connectivity index (χ0v) is 10.5. The van der Waals surface area contributed by atoms with Crippen LogP contribution in [0, 0.1) is 0 Å². The minimum atomic E-state index is -0.192. The highest BCUT2D eigenvalue weighted by molar-refractivity contribution is 5.71. The van der Waals surface area contributed by atoms with E-state index in [1.54, 1.807) is 4.90 Å². The van der Waals surface area contributed by atoms with Gasteiger partial charge in [-0.05, 0) is 32.4 Å². The van der Waals surface area contributed by atoms with Crippen LogP contribution in [-0.2, 0) is 4.74 Å². The average Bonchev–Trinajstić information content (AvgIpc) is 2.88. The Morgan fingerprint density at radius 3 is 2.94 bits per heavy atom. The van der Waals surface area contributed by atoms with Crippen LogP contribution < -0.4 is 0 Å². The SMILES string of the molecule is CCN1C(=O)O[C@H](C2=CC3(C)CN3C=C2)[C@@H]1C. The van der Waals surface area contributed by atoms with Gasteiger partial charge in [-0.1, -0.05) is 6.08 Å². The van der Waals surface area contributed by atoms with Gasteiger partial charge in [0.05, 0.1) is 11.6 Å². The predicted octanol–water partition coefficient (Wildman–Crippen LogP) is 1.74. The standard InChI is InChI=1S/C13H18N2O2/c1-4-15-9(2)11(17-12(15)16)10-5-6-14-8-13(14,3)7-10/h5-7,9,11H,4,8H2,1-3H3/t9-,11-,13?,14?/m0/s1. The first kappa shape index (κ1) is 10.7. The van der Waals surface area contributed by atoms with Gasteiger partial charge in [-0.3, -0.25) is 0 Å². The number of nitrogens with zero attached hydrogens (tertiary/aromatic N) is 2. The second-order valence-corrected chi connectivity index (χ2v) is 5.28. The maximum atomic E-state index is 11.7. The molecule has 3 aliphatic heterocycles. The maximum absolute atomic E-state index is 11.7. The fraction of sp³-hybridized carbons (Fsp3) is 0.615. The van der Waals surface area contributed by atoms with E-state index in [1.165, 1.54) is 0 Å². The summed E-state index contributed by atoms with van der Waals surface area (Å²) in [5.74, 6) is 0. The Labute approximate surface area is 102 Å². The quantitative estimate of drug-likeness (QED) is 0.682. The topological polar surface area (TPSA) is 32.6 Å². The number of rotatable bonds is 2. The molecule has 4 nitrogen and oxygen atoms in total. The van der Waals surface area contributed by atoms with Crippen molar-refractivity contribution in [1.82, 2.24) is 9.80 Å². The number of cyclic esters (lactones) is 1. The summed E-state index contributed by atoms with van der Waals surface area (Å²) in [5.41, 5.74) is 1.30. The lowest BCUT2D eigenvalue weighted by Gasteiger charge is -2.22. The van der Waals surface area contributed by atoms with Crippen LogP contribution in [0.4, 0.5) is 4.79 Å². The van der Waals surface area contributed by atoms with E-state index in [9.17, 15) is 4.79 Å².